The van der Waals surface area contributed by atoms with E-state index < -0.39 is 18.1 Å². The molecule has 2 rings (SSSR count). The molecule has 0 saturated heterocycles. The second-order valence-corrected chi connectivity index (χ2v) is 8.76. The van der Waals surface area contributed by atoms with Crippen molar-refractivity contribution in [2.24, 2.45) is 5.92 Å². The van der Waals surface area contributed by atoms with Gasteiger partial charge in [-0.05, 0) is 83.8 Å². The van der Waals surface area contributed by atoms with Crippen LogP contribution in [-0.2, 0) is 9.53 Å². The molecule has 0 fully saturated rings. The van der Waals surface area contributed by atoms with Crippen molar-refractivity contribution < 1.29 is 24.6 Å². The number of carbonyl (C=O) groups excluding carboxylic acids is 2. The molecule has 0 bridgehead atoms. The highest BCUT2D eigenvalue weighted by Crippen LogP contribution is 2.36. The average molecular weight is 589 g/mol. The fourth-order valence-corrected chi connectivity index (χ4v) is 3.55. The van der Waals surface area contributed by atoms with E-state index in [1.807, 2.05) is 6.92 Å². The van der Waals surface area contributed by atoms with Gasteiger partial charge in [-0.3, -0.25) is 15.3 Å². The molecule has 30 heavy (non-hydrogen) atoms. The first kappa shape index (κ1) is 24.2. The molecule has 2 aromatic carbocycles. The molecule has 0 saturated carbocycles. The molecule has 2 amide bonds. The lowest BCUT2D eigenvalue weighted by Crippen LogP contribution is -2.22. The summed E-state index contributed by atoms with van der Waals surface area (Å²) in [5, 5.41) is 21.6. The van der Waals surface area contributed by atoms with Crippen molar-refractivity contribution in [2.45, 2.75) is 25.9 Å². The molecule has 9 heteroatoms. The summed E-state index contributed by atoms with van der Waals surface area (Å²) in [7, 11) is 0. The van der Waals surface area contributed by atoms with E-state index >= 15 is 0 Å². The van der Waals surface area contributed by atoms with Gasteiger partial charge in [-0.2, -0.15) is 0 Å². The molecule has 0 heterocycles. The Hall–Kier alpha value is -2.11. The molecule has 2 atom stereocenters. The zero-order chi connectivity index (χ0) is 22.1. The van der Waals surface area contributed by atoms with Crippen molar-refractivity contribution in [3.63, 3.8) is 0 Å². The predicted molar refractivity (Wildman–Crippen MR) is 125 cm³/mol. The summed E-state index contributed by atoms with van der Waals surface area (Å²) in [5.74, 6) is -0.731. The van der Waals surface area contributed by atoms with Crippen molar-refractivity contribution in [1.82, 2.24) is 5.48 Å². The number of halogens is 2. The van der Waals surface area contributed by atoms with Gasteiger partial charge in [-0.15, -0.1) is 0 Å². The summed E-state index contributed by atoms with van der Waals surface area (Å²) in [5.41, 5.74) is 2.62. The number of hydrogen-bond donors (Lipinski definition) is 4. The van der Waals surface area contributed by atoms with Gasteiger partial charge in [0.1, 0.15) is 11.9 Å². The predicted octanol–water partition coefficient (Wildman–Crippen LogP) is 5.53. The zero-order valence-electron chi connectivity index (χ0n) is 16.1. The molecular weight excluding hydrogens is 567 g/mol. The first-order valence-electron chi connectivity index (χ1n) is 9.12. The lowest BCUT2D eigenvalue weighted by molar-refractivity contribution is -0.124. The molecule has 0 unspecified atom stereocenters. The van der Waals surface area contributed by atoms with Crippen LogP contribution in [0.4, 0.5) is 10.5 Å². The van der Waals surface area contributed by atoms with Crippen LogP contribution >= 0.6 is 38.5 Å². The first-order valence-corrected chi connectivity index (χ1v) is 11.0. The van der Waals surface area contributed by atoms with Gasteiger partial charge in [0.2, 0.25) is 0 Å². The number of anilines is 1. The minimum Gasteiger partial charge on any atom is -0.508 e. The number of allylic oxidation sites excluding steroid dienone is 1. The largest absolute Gasteiger partial charge is 0.508 e. The molecule has 7 nitrogen and oxygen atoms in total. The second-order valence-electron chi connectivity index (χ2n) is 6.59. The van der Waals surface area contributed by atoms with Crippen LogP contribution in [0.5, 0.6) is 5.75 Å². The van der Waals surface area contributed by atoms with Gasteiger partial charge in [0.15, 0.2) is 0 Å². The number of rotatable bonds is 8. The number of phenolic OH excluding ortho intramolecular Hbond substituents is 1. The summed E-state index contributed by atoms with van der Waals surface area (Å²) in [6, 6.07) is 12.2. The summed E-state index contributed by atoms with van der Waals surface area (Å²) in [6.07, 6.45) is 2.61. The Bertz CT molecular complexity index is 905. The fourth-order valence-electron chi connectivity index (χ4n) is 2.77. The van der Waals surface area contributed by atoms with E-state index in [4.69, 9.17) is 9.94 Å². The van der Waals surface area contributed by atoms with Crippen LogP contribution in [0.3, 0.4) is 0 Å². The summed E-state index contributed by atoms with van der Waals surface area (Å²) in [6.45, 7) is 1.90. The minimum absolute atomic E-state index is 0.0407. The number of hydrogen-bond acceptors (Lipinski definition) is 5. The summed E-state index contributed by atoms with van der Waals surface area (Å²) >= 11 is 5.47. The van der Waals surface area contributed by atoms with Gasteiger partial charge in [-0.1, -0.05) is 28.9 Å². The van der Waals surface area contributed by atoms with E-state index in [0.717, 1.165) is 8.04 Å². The normalized spacial score (nSPS) is 12.9. The van der Waals surface area contributed by atoms with E-state index in [-0.39, 0.29) is 11.7 Å². The van der Waals surface area contributed by atoms with Crippen molar-refractivity contribution in [2.75, 3.05) is 5.32 Å². The van der Waals surface area contributed by atoms with Crippen LogP contribution < -0.4 is 10.8 Å². The Labute approximate surface area is 196 Å². The van der Waals surface area contributed by atoms with Crippen LogP contribution in [-0.4, -0.2) is 22.3 Å². The molecule has 4 N–H and O–H groups in total. The highest BCUT2D eigenvalue weighted by molar-refractivity contribution is 14.1. The standard InChI is InChI=1S/C21H22BrIN2O5/c1-13(4-2-3-5-19(27)25-29)20(17-12-15(23)8-11-18(17)26)30-21(28)24-16-9-6-14(22)7-10-16/h3,5-13,20,26,29H,2,4H2,1H3,(H,24,28)(H,25,27)/b5-3+/t13-,20-/m1/s1. The smallest absolute Gasteiger partial charge is 0.412 e. The molecule has 0 aromatic heterocycles. The SMILES string of the molecule is C[C@H](CC/C=C/C(=O)NO)[C@@H](OC(=O)Nc1ccc(Br)cc1)c1cc(I)ccc1O. The summed E-state index contributed by atoms with van der Waals surface area (Å²) < 4.78 is 7.48. The van der Waals surface area contributed by atoms with Gasteiger partial charge < -0.3 is 9.84 Å². The number of nitrogens with one attached hydrogen (secondary N) is 2. The van der Waals surface area contributed by atoms with Crippen molar-refractivity contribution in [1.29, 1.82) is 0 Å². The fraction of sp³-hybridized carbons (Fsp3) is 0.238. The van der Waals surface area contributed by atoms with Crippen molar-refractivity contribution in [3.05, 3.63) is 68.2 Å². The number of hydroxylamine groups is 1. The molecule has 0 spiro atoms. The highest BCUT2D eigenvalue weighted by Gasteiger charge is 2.26. The van der Waals surface area contributed by atoms with Crippen molar-refractivity contribution in [3.8, 4) is 5.75 Å². The summed E-state index contributed by atoms with van der Waals surface area (Å²) in [4.78, 5) is 23.6. The van der Waals surface area contributed by atoms with Gasteiger partial charge in [-0.25, -0.2) is 10.3 Å². The number of aromatic hydroxyl groups is 1. The Morgan fingerprint density at radius 1 is 1.23 bits per heavy atom. The number of phenols is 1. The van der Waals surface area contributed by atoms with Crippen LogP contribution in [0.25, 0.3) is 0 Å². The van der Waals surface area contributed by atoms with E-state index in [9.17, 15) is 14.7 Å². The number of amides is 2. The molecule has 0 aliphatic rings. The maximum absolute atomic E-state index is 12.5. The van der Waals surface area contributed by atoms with E-state index in [1.54, 1.807) is 48.5 Å². The van der Waals surface area contributed by atoms with Gasteiger partial charge in [0.25, 0.3) is 5.91 Å². The van der Waals surface area contributed by atoms with Crippen LogP contribution in [0.2, 0.25) is 0 Å². The lowest BCUT2D eigenvalue weighted by Gasteiger charge is -2.25. The highest BCUT2D eigenvalue weighted by atomic mass is 127. The van der Waals surface area contributed by atoms with Crippen LogP contribution in [0.15, 0.2) is 59.1 Å². The maximum atomic E-state index is 12.5. The quantitative estimate of drug-likeness (QED) is 0.140. The first-order chi connectivity index (χ1) is 14.3. The number of benzene rings is 2. The number of carbonyl (C=O) groups is 2. The lowest BCUT2D eigenvalue weighted by atomic mass is 9.92. The topological polar surface area (TPSA) is 108 Å². The van der Waals surface area contributed by atoms with Gasteiger partial charge in [0.05, 0.1) is 0 Å². The maximum Gasteiger partial charge on any atom is 0.412 e. The molecule has 0 aliphatic carbocycles. The minimum atomic E-state index is -0.699. The van der Waals surface area contributed by atoms with E-state index in [1.165, 1.54) is 11.6 Å². The van der Waals surface area contributed by atoms with Crippen LogP contribution in [0.1, 0.15) is 31.4 Å². The van der Waals surface area contributed by atoms with E-state index in [0.29, 0.717) is 24.1 Å². The van der Waals surface area contributed by atoms with Gasteiger partial charge in [0, 0.05) is 25.4 Å². The second kappa shape index (κ2) is 11.9. The average Bonchev–Trinajstić information content (AvgIpc) is 2.72. The Kier molecular flexibility index (Phi) is 9.60. The Morgan fingerprint density at radius 3 is 2.60 bits per heavy atom. The molecule has 2 aromatic rings. The monoisotopic (exact) mass is 588 g/mol. The zero-order valence-corrected chi connectivity index (χ0v) is 19.9. The molecule has 0 aliphatic heterocycles. The molecule has 0 radical (unpaired) electrons. The van der Waals surface area contributed by atoms with Crippen LogP contribution in [0, 0.1) is 9.49 Å². The molecule has 160 valence electrons. The Morgan fingerprint density at radius 2 is 1.93 bits per heavy atom. The van der Waals surface area contributed by atoms with Gasteiger partial charge >= 0.3 is 6.09 Å². The third-order valence-electron chi connectivity index (χ3n) is 4.31. The van der Waals surface area contributed by atoms with Crippen molar-refractivity contribution >= 4 is 56.2 Å². The Balaban J connectivity index is 2.15. The molecular formula is C21H22BrIN2O5. The third-order valence-corrected chi connectivity index (χ3v) is 5.51. The third kappa shape index (κ3) is 7.62. The number of ether oxygens (including phenoxy) is 1. The van der Waals surface area contributed by atoms with E-state index in [2.05, 4.69) is 43.8 Å².